The number of likely N-dealkylation sites (tertiary alicyclic amines) is 1. The Hall–Kier alpha value is -2.82. The van der Waals surface area contributed by atoms with Crippen molar-refractivity contribution in [2.24, 2.45) is 0 Å². The van der Waals surface area contributed by atoms with Gasteiger partial charge >= 0.3 is 0 Å². The molecule has 0 aromatic heterocycles. The summed E-state index contributed by atoms with van der Waals surface area (Å²) >= 11 is 5.92. The van der Waals surface area contributed by atoms with Gasteiger partial charge in [-0.2, -0.15) is 0 Å². The zero-order valence-electron chi connectivity index (χ0n) is 15.8. The van der Waals surface area contributed by atoms with Crippen LogP contribution < -0.4 is 4.74 Å². The molecule has 2 heterocycles. The largest absolute Gasteiger partial charge is 0.457 e. The SMILES string of the molecule is O=C(c1cccc(Oc2ccc(Cl)cc2)c1)N1CC[C@@]2(C1)OCc1ccccc12. The number of carbonyl (C=O) groups is 1. The Morgan fingerprint density at radius 1 is 1.00 bits per heavy atom. The van der Waals surface area contributed by atoms with Crippen LogP contribution in [0.1, 0.15) is 27.9 Å². The summed E-state index contributed by atoms with van der Waals surface area (Å²) in [5.41, 5.74) is 2.68. The van der Waals surface area contributed by atoms with Crippen LogP contribution in [0.15, 0.2) is 72.8 Å². The third kappa shape index (κ3) is 3.39. The monoisotopic (exact) mass is 405 g/mol. The molecule has 1 atom stereocenters. The molecule has 2 aliphatic rings. The Balaban J connectivity index is 1.33. The van der Waals surface area contributed by atoms with Gasteiger partial charge < -0.3 is 14.4 Å². The van der Waals surface area contributed by atoms with E-state index in [-0.39, 0.29) is 11.5 Å². The molecule has 5 heteroatoms. The van der Waals surface area contributed by atoms with Gasteiger partial charge in [0.15, 0.2) is 0 Å². The minimum Gasteiger partial charge on any atom is -0.457 e. The Labute approximate surface area is 174 Å². The van der Waals surface area contributed by atoms with Gasteiger partial charge in [0.2, 0.25) is 0 Å². The molecule has 1 fully saturated rings. The van der Waals surface area contributed by atoms with Gasteiger partial charge in [0, 0.05) is 17.1 Å². The number of benzene rings is 3. The van der Waals surface area contributed by atoms with Gasteiger partial charge in [0.05, 0.1) is 13.2 Å². The average molecular weight is 406 g/mol. The second kappa shape index (κ2) is 7.21. The van der Waals surface area contributed by atoms with Crippen molar-refractivity contribution in [1.29, 1.82) is 0 Å². The maximum absolute atomic E-state index is 13.1. The maximum atomic E-state index is 13.1. The molecule has 1 spiro atoms. The number of ether oxygens (including phenoxy) is 2. The predicted molar refractivity (Wildman–Crippen MR) is 111 cm³/mol. The number of hydrogen-bond acceptors (Lipinski definition) is 3. The van der Waals surface area contributed by atoms with Crippen LogP contribution in [0.3, 0.4) is 0 Å². The van der Waals surface area contributed by atoms with Crippen molar-refractivity contribution in [1.82, 2.24) is 4.90 Å². The van der Waals surface area contributed by atoms with Crippen molar-refractivity contribution < 1.29 is 14.3 Å². The van der Waals surface area contributed by atoms with Crippen molar-refractivity contribution >= 4 is 17.5 Å². The molecule has 4 nitrogen and oxygen atoms in total. The van der Waals surface area contributed by atoms with Gasteiger partial charge in [0.1, 0.15) is 17.1 Å². The summed E-state index contributed by atoms with van der Waals surface area (Å²) in [7, 11) is 0. The van der Waals surface area contributed by atoms with Crippen LogP contribution in [0.4, 0.5) is 0 Å². The van der Waals surface area contributed by atoms with Crippen molar-refractivity contribution in [3.8, 4) is 11.5 Å². The number of fused-ring (bicyclic) bond motifs is 2. The van der Waals surface area contributed by atoms with E-state index in [2.05, 4.69) is 12.1 Å². The molecule has 29 heavy (non-hydrogen) atoms. The third-order valence-corrected chi connectivity index (χ3v) is 5.91. The summed E-state index contributed by atoms with van der Waals surface area (Å²) in [5, 5.41) is 0.653. The normalized spacial score (nSPS) is 20.1. The summed E-state index contributed by atoms with van der Waals surface area (Å²) in [6.45, 7) is 1.86. The maximum Gasteiger partial charge on any atom is 0.254 e. The van der Waals surface area contributed by atoms with Crippen LogP contribution in [0, 0.1) is 0 Å². The number of hydrogen-bond donors (Lipinski definition) is 0. The highest BCUT2D eigenvalue weighted by molar-refractivity contribution is 6.30. The van der Waals surface area contributed by atoms with Crippen molar-refractivity contribution in [2.45, 2.75) is 18.6 Å². The number of halogens is 1. The molecule has 0 unspecified atom stereocenters. The van der Waals surface area contributed by atoms with Crippen LogP contribution >= 0.6 is 11.6 Å². The first-order chi connectivity index (χ1) is 14.1. The van der Waals surface area contributed by atoms with E-state index < -0.39 is 0 Å². The van der Waals surface area contributed by atoms with Crippen LogP contribution in [0.5, 0.6) is 11.5 Å². The van der Waals surface area contributed by atoms with E-state index in [1.807, 2.05) is 35.2 Å². The Morgan fingerprint density at radius 2 is 1.83 bits per heavy atom. The lowest BCUT2D eigenvalue weighted by Gasteiger charge is -2.25. The molecule has 1 saturated heterocycles. The first-order valence-corrected chi connectivity index (χ1v) is 10.1. The lowest BCUT2D eigenvalue weighted by Crippen LogP contribution is -2.34. The second-order valence-electron chi connectivity index (χ2n) is 7.50. The van der Waals surface area contributed by atoms with E-state index in [4.69, 9.17) is 21.1 Å². The highest BCUT2D eigenvalue weighted by Crippen LogP contribution is 2.43. The molecule has 0 bridgehead atoms. The smallest absolute Gasteiger partial charge is 0.254 e. The van der Waals surface area contributed by atoms with Gasteiger partial charge in [-0.25, -0.2) is 0 Å². The van der Waals surface area contributed by atoms with Crippen molar-refractivity contribution in [3.63, 3.8) is 0 Å². The summed E-state index contributed by atoms with van der Waals surface area (Å²) in [6.07, 6.45) is 0.816. The quantitative estimate of drug-likeness (QED) is 0.585. The van der Waals surface area contributed by atoms with Crippen LogP contribution in [-0.4, -0.2) is 23.9 Å². The van der Waals surface area contributed by atoms with Gasteiger partial charge in [-0.1, -0.05) is 41.9 Å². The zero-order chi connectivity index (χ0) is 19.8. The number of rotatable bonds is 3. The topological polar surface area (TPSA) is 38.8 Å². The Bertz CT molecular complexity index is 1070. The number of amides is 1. The van der Waals surface area contributed by atoms with E-state index in [1.165, 1.54) is 11.1 Å². The summed E-state index contributed by atoms with van der Waals surface area (Å²) in [4.78, 5) is 15.0. The Morgan fingerprint density at radius 3 is 2.69 bits per heavy atom. The highest BCUT2D eigenvalue weighted by atomic mass is 35.5. The lowest BCUT2D eigenvalue weighted by molar-refractivity contribution is -0.0282. The van der Waals surface area contributed by atoms with Gasteiger partial charge in [0.25, 0.3) is 5.91 Å². The van der Waals surface area contributed by atoms with E-state index in [0.29, 0.717) is 41.8 Å². The van der Waals surface area contributed by atoms with E-state index in [1.54, 1.807) is 30.3 Å². The predicted octanol–water partition coefficient (Wildman–Crippen LogP) is 5.40. The molecule has 5 rings (SSSR count). The molecule has 146 valence electrons. The molecule has 0 saturated carbocycles. The van der Waals surface area contributed by atoms with Crippen LogP contribution in [0.2, 0.25) is 5.02 Å². The number of nitrogens with zero attached hydrogens (tertiary/aromatic N) is 1. The lowest BCUT2D eigenvalue weighted by atomic mass is 9.92. The van der Waals surface area contributed by atoms with Gasteiger partial charge in [-0.05, 0) is 60.0 Å². The fourth-order valence-corrected chi connectivity index (χ4v) is 4.32. The molecule has 0 N–H and O–H groups in total. The van der Waals surface area contributed by atoms with Crippen LogP contribution in [0.25, 0.3) is 0 Å². The molecule has 3 aromatic rings. The molecule has 0 aliphatic carbocycles. The average Bonchev–Trinajstić information content (AvgIpc) is 3.35. The standard InChI is InChI=1S/C24H20ClNO3/c25-19-8-10-20(11-9-19)29-21-6-3-5-17(14-21)23(27)26-13-12-24(16-26)22-7-2-1-4-18(22)15-28-24/h1-11,14H,12-13,15-16H2/t24-/m0/s1. The van der Waals surface area contributed by atoms with E-state index in [9.17, 15) is 4.79 Å². The zero-order valence-corrected chi connectivity index (χ0v) is 16.6. The summed E-state index contributed by atoms with van der Waals surface area (Å²) < 4.78 is 12.0. The van der Waals surface area contributed by atoms with Gasteiger partial charge in [-0.15, -0.1) is 0 Å². The summed E-state index contributed by atoms with van der Waals surface area (Å²) in [6, 6.07) is 22.7. The first kappa shape index (κ1) is 18.2. The minimum absolute atomic E-state index is 0.00332. The van der Waals surface area contributed by atoms with Crippen molar-refractivity contribution in [3.05, 3.63) is 94.5 Å². The Kier molecular flexibility index (Phi) is 4.53. The summed E-state index contributed by atoms with van der Waals surface area (Å²) in [5.74, 6) is 1.29. The van der Waals surface area contributed by atoms with E-state index >= 15 is 0 Å². The third-order valence-electron chi connectivity index (χ3n) is 5.66. The van der Waals surface area contributed by atoms with Crippen molar-refractivity contribution in [2.75, 3.05) is 13.1 Å². The highest BCUT2D eigenvalue weighted by Gasteiger charge is 2.46. The molecule has 0 radical (unpaired) electrons. The van der Waals surface area contributed by atoms with Gasteiger partial charge in [-0.3, -0.25) is 4.79 Å². The minimum atomic E-state index is -0.371. The molecular weight excluding hydrogens is 386 g/mol. The molecule has 1 amide bonds. The second-order valence-corrected chi connectivity index (χ2v) is 7.94. The fraction of sp³-hybridized carbons (Fsp3) is 0.208. The molecular formula is C24H20ClNO3. The molecule has 2 aliphatic heterocycles. The van der Waals surface area contributed by atoms with Crippen LogP contribution in [-0.2, 0) is 16.9 Å². The first-order valence-electron chi connectivity index (χ1n) is 9.68. The molecule has 3 aromatic carbocycles. The number of carbonyl (C=O) groups excluding carboxylic acids is 1. The van der Waals surface area contributed by atoms with E-state index in [0.717, 1.165) is 6.42 Å². The fourth-order valence-electron chi connectivity index (χ4n) is 4.19.